The molecule has 1 N–H and O–H groups in total. The number of hydrogen-bond acceptors (Lipinski definition) is 3. The van der Waals surface area contributed by atoms with Crippen molar-refractivity contribution in [1.29, 1.82) is 0 Å². The Morgan fingerprint density at radius 3 is 2.76 bits per heavy atom. The smallest absolute Gasteiger partial charge is 0.138 e. The molecule has 4 nitrogen and oxygen atoms in total. The molecule has 1 atom stereocenters. The highest BCUT2D eigenvalue weighted by atomic mass is 19.1. The van der Waals surface area contributed by atoms with Gasteiger partial charge in [-0.15, -0.1) is 0 Å². The molecule has 0 spiro atoms. The Balaban J connectivity index is 2.25. The number of nitrogens with one attached hydrogen (secondary N) is 1. The zero-order valence-corrected chi connectivity index (χ0v) is 12.3. The molecule has 1 aromatic carbocycles. The number of rotatable bonds is 7. The van der Waals surface area contributed by atoms with Gasteiger partial charge in [0.05, 0.1) is 0 Å². The van der Waals surface area contributed by atoms with E-state index in [-0.39, 0.29) is 6.04 Å². The molecule has 0 radical (unpaired) electrons. The second-order valence-corrected chi connectivity index (χ2v) is 4.87. The summed E-state index contributed by atoms with van der Waals surface area (Å²) in [5.74, 6) is -0.316. The Morgan fingerprint density at radius 2 is 2.10 bits per heavy atom. The van der Waals surface area contributed by atoms with Crippen LogP contribution in [0.3, 0.4) is 0 Å². The molecular weight excluding hydrogens is 274 g/mol. The van der Waals surface area contributed by atoms with Gasteiger partial charge >= 0.3 is 0 Å². The highest BCUT2D eigenvalue weighted by molar-refractivity contribution is 5.23. The summed E-state index contributed by atoms with van der Waals surface area (Å²) in [7, 11) is 0. The molecule has 114 valence electrons. The van der Waals surface area contributed by atoms with Gasteiger partial charge in [-0.05, 0) is 26.0 Å². The van der Waals surface area contributed by atoms with Crippen molar-refractivity contribution in [2.24, 2.45) is 0 Å². The van der Waals surface area contributed by atoms with Gasteiger partial charge in [0, 0.05) is 30.6 Å². The number of benzene rings is 1. The predicted octanol–water partition coefficient (Wildman–Crippen LogP) is 2.86. The minimum atomic E-state index is -0.567. The largest absolute Gasteiger partial charge is 0.309 e. The third-order valence-electron chi connectivity index (χ3n) is 3.36. The maximum Gasteiger partial charge on any atom is 0.138 e. The molecule has 1 unspecified atom stereocenters. The summed E-state index contributed by atoms with van der Waals surface area (Å²) in [6, 6.07) is 3.44. The van der Waals surface area contributed by atoms with Crippen molar-refractivity contribution in [1.82, 2.24) is 20.1 Å². The summed E-state index contributed by atoms with van der Waals surface area (Å²) in [5, 5.41) is 7.41. The minimum Gasteiger partial charge on any atom is -0.309 e. The van der Waals surface area contributed by atoms with Gasteiger partial charge in [0.1, 0.15) is 23.8 Å². The van der Waals surface area contributed by atoms with Crippen LogP contribution < -0.4 is 5.32 Å². The molecule has 6 heteroatoms. The molecule has 0 aliphatic heterocycles. The van der Waals surface area contributed by atoms with Crippen molar-refractivity contribution in [3.63, 3.8) is 0 Å². The van der Waals surface area contributed by atoms with E-state index in [0.29, 0.717) is 18.5 Å². The van der Waals surface area contributed by atoms with Crippen LogP contribution in [0, 0.1) is 11.6 Å². The van der Waals surface area contributed by atoms with Gasteiger partial charge < -0.3 is 5.32 Å². The fourth-order valence-electron chi connectivity index (χ4n) is 2.29. The third kappa shape index (κ3) is 3.85. The van der Waals surface area contributed by atoms with Crippen LogP contribution >= 0.6 is 0 Å². The molecule has 0 fully saturated rings. The second-order valence-electron chi connectivity index (χ2n) is 4.87. The first kappa shape index (κ1) is 15.6. The van der Waals surface area contributed by atoms with Gasteiger partial charge in [-0.1, -0.05) is 13.0 Å². The molecule has 1 aromatic heterocycles. The van der Waals surface area contributed by atoms with Gasteiger partial charge in [0.15, 0.2) is 0 Å². The molecular formula is C15H20F2N4. The normalized spacial score (nSPS) is 12.6. The van der Waals surface area contributed by atoms with Crippen molar-refractivity contribution < 1.29 is 8.78 Å². The van der Waals surface area contributed by atoms with E-state index < -0.39 is 11.6 Å². The van der Waals surface area contributed by atoms with Crippen LogP contribution in [0.1, 0.15) is 37.7 Å². The number of halogens is 2. The van der Waals surface area contributed by atoms with E-state index in [1.807, 2.05) is 13.8 Å². The molecule has 2 rings (SSSR count). The first-order chi connectivity index (χ1) is 10.2. The lowest BCUT2D eigenvalue weighted by Crippen LogP contribution is -2.26. The average molecular weight is 294 g/mol. The van der Waals surface area contributed by atoms with Crippen LogP contribution in [0.2, 0.25) is 0 Å². The van der Waals surface area contributed by atoms with E-state index in [9.17, 15) is 8.78 Å². The highest BCUT2D eigenvalue weighted by Gasteiger charge is 2.18. The number of hydrogen-bond donors (Lipinski definition) is 1. The Morgan fingerprint density at radius 1 is 1.29 bits per heavy atom. The van der Waals surface area contributed by atoms with E-state index in [2.05, 4.69) is 15.4 Å². The Kier molecular flexibility index (Phi) is 5.38. The zero-order valence-electron chi connectivity index (χ0n) is 12.3. The first-order valence-corrected chi connectivity index (χ1v) is 7.20. The van der Waals surface area contributed by atoms with Gasteiger partial charge in [-0.25, -0.2) is 13.8 Å². The quantitative estimate of drug-likeness (QED) is 0.854. The molecule has 0 bridgehead atoms. The van der Waals surface area contributed by atoms with Crippen LogP contribution in [0.15, 0.2) is 24.5 Å². The number of aryl methyl sites for hydroxylation is 1. The summed E-state index contributed by atoms with van der Waals surface area (Å²) < 4.78 is 28.9. The Labute approximate surface area is 123 Å². The van der Waals surface area contributed by atoms with Gasteiger partial charge in [-0.2, -0.15) is 5.10 Å². The van der Waals surface area contributed by atoms with Crippen LogP contribution in [-0.4, -0.2) is 21.3 Å². The van der Waals surface area contributed by atoms with Crippen LogP contribution in [-0.2, 0) is 13.0 Å². The molecule has 21 heavy (non-hydrogen) atoms. The standard InChI is InChI=1S/C15H20F2N4/c1-3-7-18-14(9-15-19-10-20-21(15)4-2)12-6-5-11(16)8-13(12)17/h5-6,8,10,14,18H,3-4,7,9H2,1-2H3. The Bertz CT molecular complexity index is 583. The van der Waals surface area contributed by atoms with Gasteiger partial charge in [0.25, 0.3) is 0 Å². The molecule has 0 amide bonds. The maximum atomic E-state index is 14.0. The highest BCUT2D eigenvalue weighted by Crippen LogP contribution is 2.21. The third-order valence-corrected chi connectivity index (χ3v) is 3.36. The average Bonchev–Trinajstić information content (AvgIpc) is 2.91. The van der Waals surface area contributed by atoms with Crippen LogP contribution in [0.25, 0.3) is 0 Å². The predicted molar refractivity (Wildman–Crippen MR) is 76.8 cm³/mol. The van der Waals surface area contributed by atoms with Crippen molar-refractivity contribution in [3.05, 3.63) is 47.5 Å². The van der Waals surface area contributed by atoms with Crippen molar-refractivity contribution in [3.8, 4) is 0 Å². The second kappa shape index (κ2) is 7.26. The fourth-order valence-corrected chi connectivity index (χ4v) is 2.29. The molecule has 0 saturated carbocycles. The van der Waals surface area contributed by atoms with E-state index in [4.69, 9.17) is 0 Å². The lowest BCUT2D eigenvalue weighted by molar-refractivity contribution is 0.471. The Hall–Kier alpha value is -1.82. The molecule has 2 aromatic rings. The first-order valence-electron chi connectivity index (χ1n) is 7.20. The summed E-state index contributed by atoms with van der Waals surface area (Å²) in [6.07, 6.45) is 2.94. The van der Waals surface area contributed by atoms with Crippen molar-refractivity contribution >= 4 is 0 Å². The monoisotopic (exact) mass is 294 g/mol. The molecule has 1 heterocycles. The van der Waals surface area contributed by atoms with Gasteiger partial charge in [0.2, 0.25) is 0 Å². The lowest BCUT2D eigenvalue weighted by atomic mass is 10.0. The molecule has 0 aliphatic rings. The molecule has 0 aliphatic carbocycles. The van der Waals surface area contributed by atoms with E-state index in [1.165, 1.54) is 18.5 Å². The summed E-state index contributed by atoms with van der Waals surface area (Å²) in [4.78, 5) is 4.22. The topological polar surface area (TPSA) is 42.7 Å². The van der Waals surface area contributed by atoms with E-state index in [1.54, 1.807) is 4.68 Å². The van der Waals surface area contributed by atoms with Gasteiger partial charge in [-0.3, -0.25) is 4.68 Å². The van der Waals surface area contributed by atoms with Crippen LogP contribution in [0.4, 0.5) is 8.78 Å². The van der Waals surface area contributed by atoms with Crippen molar-refractivity contribution in [2.45, 2.75) is 39.3 Å². The van der Waals surface area contributed by atoms with E-state index in [0.717, 1.165) is 24.9 Å². The number of nitrogens with zero attached hydrogens (tertiary/aromatic N) is 3. The fraction of sp³-hybridized carbons (Fsp3) is 0.467. The maximum absolute atomic E-state index is 14.0. The SMILES string of the molecule is CCCNC(Cc1ncnn1CC)c1ccc(F)cc1F. The summed E-state index contributed by atoms with van der Waals surface area (Å²) >= 11 is 0. The lowest BCUT2D eigenvalue weighted by Gasteiger charge is -2.19. The summed E-state index contributed by atoms with van der Waals surface area (Å²) in [5.41, 5.74) is 0.454. The van der Waals surface area contributed by atoms with Crippen molar-refractivity contribution in [2.75, 3.05) is 6.54 Å². The number of aromatic nitrogens is 3. The van der Waals surface area contributed by atoms with Crippen LogP contribution in [0.5, 0.6) is 0 Å². The minimum absolute atomic E-state index is 0.250. The zero-order chi connectivity index (χ0) is 15.2. The van der Waals surface area contributed by atoms with E-state index >= 15 is 0 Å². The molecule has 0 saturated heterocycles. The summed E-state index contributed by atoms with van der Waals surface area (Å²) in [6.45, 7) is 5.48.